The van der Waals surface area contributed by atoms with Gasteiger partial charge in [0.1, 0.15) is 5.82 Å². The lowest BCUT2D eigenvalue weighted by Crippen LogP contribution is -2.14. The average molecular weight is 220 g/mol. The van der Waals surface area contributed by atoms with Gasteiger partial charge in [0.15, 0.2) is 5.78 Å². The highest BCUT2D eigenvalue weighted by molar-refractivity contribution is 5.97. The SMILES string of the molecule is CC(=O)c1c(C(F)(F)F)ccc(F)c1C. The third kappa shape index (κ3) is 2.16. The Bertz CT molecular complexity index is 407. The molecule has 0 amide bonds. The van der Waals surface area contributed by atoms with Crippen molar-refractivity contribution < 1.29 is 22.4 Å². The second kappa shape index (κ2) is 3.64. The van der Waals surface area contributed by atoms with E-state index in [1.165, 1.54) is 0 Å². The summed E-state index contributed by atoms with van der Waals surface area (Å²) in [6, 6.07) is 1.30. The maximum atomic E-state index is 13.0. The van der Waals surface area contributed by atoms with Gasteiger partial charge in [-0.25, -0.2) is 4.39 Å². The molecule has 0 aliphatic carbocycles. The topological polar surface area (TPSA) is 17.1 Å². The average Bonchev–Trinajstić information content (AvgIpc) is 2.06. The van der Waals surface area contributed by atoms with Crippen molar-refractivity contribution in [3.05, 3.63) is 34.6 Å². The summed E-state index contributed by atoms with van der Waals surface area (Å²) in [6.45, 7) is 2.14. The van der Waals surface area contributed by atoms with Crippen molar-refractivity contribution in [3.63, 3.8) is 0 Å². The van der Waals surface area contributed by atoms with E-state index in [4.69, 9.17) is 0 Å². The van der Waals surface area contributed by atoms with E-state index in [2.05, 4.69) is 0 Å². The molecule has 5 heteroatoms. The van der Waals surface area contributed by atoms with Crippen molar-refractivity contribution in [1.82, 2.24) is 0 Å². The smallest absolute Gasteiger partial charge is 0.294 e. The number of carbonyl (C=O) groups excluding carboxylic acids is 1. The molecular weight excluding hydrogens is 212 g/mol. The van der Waals surface area contributed by atoms with E-state index < -0.39 is 28.9 Å². The van der Waals surface area contributed by atoms with E-state index in [-0.39, 0.29) is 5.56 Å². The fourth-order valence-electron chi connectivity index (χ4n) is 1.38. The monoisotopic (exact) mass is 220 g/mol. The normalized spacial score (nSPS) is 11.6. The zero-order valence-corrected chi connectivity index (χ0v) is 8.07. The van der Waals surface area contributed by atoms with Crippen LogP contribution in [-0.2, 0) is 6.18 Å². The molecule has 0 saturated heterocycles. The molecule has 82 valence electrons. The van der Waals surface area contributed by atoms with Gasteiger partial charge in [-0.05, 0) is 31.5 Å². The first kappa shape index (κ1) is 11.7. The quantitative estimate of drug-likeness (QED) is 0.524. The van der Waals surface area contributed by atoms with Crippen LogP contribution in [0.5, 0.6) is 0 Å². The summed E-state index contributed by atoms with van der Waals surface area (Å²) < 4.78 is 50.3. The maximum absolute atomic E-state index is 13.0. The number of carbonyl (C=O) groups is 1. The number of halogens is 4. The van der Waals surface area contributed by atoms with E-state index in [1.54, 1.807) is 0 Å². The highest BCUT2D eigenvalue weighted by Gasteiger charge is 2.35. The Morgan fingerprint density at radius 3 is 2.20 bits per heavy atom. The highest BCUT2D eigenvalue weighted by atomic mass is 19.4. The molecular formula is C10H8F4O. The second-order valence-corrected chi connectivity index (χ2v) is 3.15. The standard InChI is InChI=1S/C10H8F4O/c1-5-8(11)4-3-7(10(12,13)14)9(5)6(2)15/h3-4H,1-2H3. The van der Waals surface area contributed by atoms with Crippen LogP contribution in [0.3, 0.4) is 0 Å². The van der Waals surface area contributed by atoms with E-state index >= 15 is 0 Å². The number of hydrogen-bond donors (Lipinski definition) is 0. The minimum absolute atomic E-state index is 0.266. The van der Waals surface area contributed by atoms with Crippen LogP contribution >= 0.6 is 0 Å². The zero-order valence-electron chi connectivity index (χ0n) is 8.07. The van der Waals surface area contributed by atoms with Crippen LogP contribution in [0.4, 0.5) is 17.6 Å². The zero-order chi connectivity index (χ0) is 11.8. The van der Waals surface area contributed by atoms with Gasteiger partial charge in [-0.1, -0.05) is 0 Å². The second-order valence-electron chi connectivity index (χ2n) is 3.15. The van der Waals surface area contributed by atoms with E-state index in [0.717, 1.165) is 13.8 Å². The lowest BCUT2D eigenvalue weighted by atomic mass is 9.98. The van der Waals surface area contributed by atoms with Crippen LogP contribution in [0.25, 0.3) is 0 Å². The molecule has 0 aromatic heterocycles. The van der Waals surface area contributed by atoms with E-state index in [1.807, 2.05) is 0 Å². The molecule has 0 saturated carbocycles. The van der Waals surface area contributed by atoms with Crippen LogP contribution in [0.2, 0.25) is 0 Å². The van der Waals surface area contributed by atoms with Gasteiger partial charge in [0.2, 0.25) is 0 Å². The molecule has 0 N–H and O–H groups in total. The molecule has 15 heavy (non-hydrogen) atoms. The van der Waals surface area contributed by atoms with Crippen LogP contribution in [0.15, 0.2) is 12.1 Å². The lowest BCUT2D eigenvalue weighted by Gasteiger charge is -2.13. The number of ketones is 1. The van der Waals surface area contributed by atoms with Crippen LogP contribution in [0.1, 0.15) is 28.4 Å². The minimum Gasteiger partial charge on any atom is -0.294 e. The number of Topliss-reactive ketones (excluding diaryl/α,β-unsaturated/α-hetero) is 1. The molecule has 0 spiro atoms. The van der Waals surface area contributed by atoms with E-state index in [9.17, 15) is 22.4 Å². The van der Waals surface area contributed by atoms with Crippen LogP contribution in [0, 0.1) is 12.7 Å². The fourth-order valence-corrected chi connectivity index (χ4v) is 1.38. The molecule has 1 aromatic carbocycles. The Kier molecular flexibility index (Phi) is 2.83. The number of alkyl halides is 3. The molecule has 1 rings (SSSR count). The van der Waals surface area contributed by atoms with Crippen molar-refractivity contribution >= 4 is 5.78 Å². The van der Waals surface area contributed by atoms with Gasteiger partial charge in [-0.15, -0.1) is 0 Å². The molecule has 0 aliphatic heterocycles. The Balaban J connectivity index is 3.55. The Morgan fingerprint density at radius 2 is 1.80 bits per heavy atom. The van der Waals surface area contributed by atoms with Crippen molar-refractivity contribution in [1.29, 1.82) is 0 Å². The van der Waals surface area contributed by atoms with Gasteiger partial charge >= 0.3 is 6.18 Å². The third-order valence-electron chi connectivity index (χ3n) is 2.06. The fraction of sp³-hybridized carbons (Fsp3) is 0.300. The summed E-state index contributed by atoms with van der Waals surface area (Å²) in [5, 5.41) is 0. The van der Waals surface area contributed by atoms with Gasteiger partial charge in [0, 0.05) is 5.56 Å². The van der Waals surface area contributed by atoms with E-state index in [0.29, 0.717) is 12.1 Å². The molecule has 0 radical (unpaired) electrons. The predicted octanol–water partition coefficient (Wildman–Crippen LogP) is 3.36. The summed E-state index contributed by atoms with van der Waals surface area (Å²) in [6.07, 6.45) is -4.64. The predicted molar refractivity (Wildman–Crippen MR) is 46.1 cm³/mol. The molecule has 0 heterocycles. The summed E-state index contributed by atoms with van der Waals surface area (Å²) in [5.74, 6) is -1.60. The van der Waals surface area contributed by atoms with Gasteiger partial charge in [-0.2, -0.15) is 13.2 Å². The summed E-state index contributed by atoms with van der Waals surface area (Å²) in [7, 11) is 0. The molecule has 1 nitrogen and oxygen atoms in total. The van der Waals surface area contributed by atoms with Crippen molar-refractivity contribution in [2.45, 2.75) is 20.0 Å². The Morgan fingerprint density at radius 1 is 1.27 bits per heavy atom. The first-order valence-corrected chi connectivity index (χ1v) is 4.12. The largest absolute Gasteiger partial charge is 0.417 e. The van der Waals surface area contributed by atoms with Crippen LogP contribution in [-0.4, -0.2) is 5.78 Å². The van der Waals surface area contributed by atoms with Crippen molar-refractivity contribution in [2.24, 2.45) is 0 Å². The van der Waals surface area contributed by atoms with Crippen molar-refractivity contribution in [2.75, 3.05) is 0 Å². The molecule has 1 aromatic rings. The van der Waals surface area contributed by atoms with Gasteiger partial charge in [-0.3, -0.25) is 4.79 Å². The summed E-state index contributed by atoms with van der Waals surface area (Å²) >= 11 is 0. The van der Waals surface area contributed by atoms with Gasteiger partial charge in [0.25, 0.3) is 0 Å². The highest BCUT2D eigenvalue weighted by Crippen LogP contribution is 2.34. The summed E-state index contributed by atoms with van der Waals surface area (Å²) in [5.41, 5.74) is -1.95. The molecule has 0 fully saturated rings. The van der Waals surface area contributed by atoms with Gasteiger partial charge < -0.3 is 0 Å². The molecule has 0 aliphatic rings. The molecule has 0 bridgehead atoms. The number of hydrogen-bond acceptors (Lipinski definition) is 1. The molecule has 0 unspecified atom stereocenters. The lowest BCUT2D eigenvalue weighted by molar-refractivity contribution is -0.138. The number of rotatable bonds is 1. The summed E-state index contributed by atoms with van der Waals surface area (Å²) in [4.78, 5) is 11.0. The maximum Gasteiger partial charge on any atom is 0.417 e. The Labute approximate surface area is 83.7 Å². The minimum atomic E-state index is -4.64. The Hall–Kier alpha value is -1.39. The molecule has 0 atom stereocenters. The van der Waals surface area contributed by atoms with Crippen molar-refractivity contribution in [3.8, 4) is 0 Å². The first-order valence-electron chi connectivity index (χ1n) is 4.12. The first-order chi connectivity index (χ1) is 6.75. The van der Waals surface area contributed by atoms with Crippen LogP contribution < -0.4 is 0 Å². The third-order valence-corrected chi connectivity index (χ3v) is 2.06. The van der Waals surface area contributed by atoms with Gasteiger partial charge in [0.05, 0.1) is 5.56 Å². The number of benzene rings is 1.